The largest absolute Gasteiger partial charge is 0.426 e. The summed E-state index contributed by atoms with van der Waals surface area (Å²) >= 11 is 0. The second-order valence-corrected chi connectivity index (χ2v) is 4.60. The molecular weight excluding hydrogens is 250 g/mol. The summed E-state index contributed by atoms with van der Waals surface area (Å²) in [6.45, 7) is 2.15. The molecule has 106 valence electrons. The minimum Gasteiger partial charge on any atom is -0.426 e. The van der Waals surface area contributed by atoms with E-state index in [1.807, 2.05) is 0 Å². The molecule has 0 amide bonds. The van der Waals surface area contributed by atoms with E-state index in [0.29, 0.717) is 0 Å². The Morgan fingerprint density at radius 2 is 1.58 bits per heavy atom. The quantitative estimate of drug-likeness (QED) is 0.391. The standard InChI is InChI=1S/C15H20F2O2/c1-2-3-4-5-6-7-8-15(18)19-14-10-12(16)9-13(17)11-14/h9-11H,2-8H2,1H3. The molecule has 4 heteroatoms. The van der Waals surface area contributed by atoms with Crippen molar-refractivity contribution in [3.8, 4) is 5.75 Å². The monoisotopic (exact) mass is 270 g/mol. The number of esters is 1. The summed E-state index contributed by atoms with van der Waals surface area (Å²) in [7, 11) is 0. The normalized spacial score (nSPS) is 10.5. The van der Waals surface area contributed by atoms with E-state index in [0.717, 1.165) is 37.5 Å². The van der Waals surface area contributed by atoms with Gasteiger partial charge < -0.3 is 4.74 Å². The highest BCUT2D eigenvalue weighted by Crippen LogP contribution is 2.16. The molecule has 0 saturated carbocycles. The first kappa shape index (κ1) is 15.6. The summed E-state index contributed by atoms with van der Waals surface area (Å²) in [5, 5.41) is 0. The number of hydrogen-bond acceptors (Lipinski definition) is 2. The van der Waals surface area contributed by atoms with E-state index in [1.165, 1.54) is 19.3 Å². The van der Waals surface area contributed by atoms with Gasteiger partial charge in [0.2, 0.25) is 0 Å². The molecule has 19 heavy (non-hydrogen) atoms. The van der Waals surface area contributed by atoms with Gasteiger partial charge in [0.05, 0.1) is 0 Å². The van der Waals surface area contributed by atoms with Gasteiger partial charge in [-0.25, -0.2) is 8.78 Å². The first-order chi connectivity index (χ1) is 9.11. The fourth-order valence-corrected chi connectivity index (χ4v) is 1.82. The van der Waals surface area contributed by atoms with E-state index < -0.39 is 17.6 Å². The van der Waals surface area contributed by atoms with Gasteiger partial charge in [-0.05, 0) is 6.42 Å². The number of halogens is 2. The maximum absolute atomic E-state index is 12.9. The van der Waals surface area contributed by atoms with Crippen LogP contribution in [0.2, 0.25) is 0 Å². The van der Waals surface area contributed by atoms with Gasteiger partial charge >= 0.3 is 5.97 Å². The molecule has 0 radical (unpaired) electrons. The molecule has 0 aliphatic carbocycles. The third-order valence-electron chi connectivity index (χ3n) is 2.80. The molecule has 0 fully saturated rings. The Balaban J connectivity index is 2.23. The van der Waals surface area contributed by atoms with Crippen molar-refractivity contribution in [1.29, 1.82) is 0 Å². The zero-order chi connectivity index (χ0) is 14.1. The Kier molecular flexibility index (Phi) is 7.08. The van der Waals surface area contributed by atoms with Gasteiger partial charge in [0.15, 0.2) is 0 Å². The summed E-state index contributed by atoms with van der Waals surface area (Å²) < 4.78 is 30.6. The van der Waals surface area contributed by atoms with Crippen molar-refractivity contribution in [2.45, 2.75) is 51.9 Å². The molecule has 0 aliphatic rings. The summed E-state index contributed by atoms with van der Waals surface area (Å²) in [5.74, 6) is -2.02. The SMILES string of the molecule is CCCCCCCCC(=O)Oc1cc(F)cc(F)c1. The zero-order valence-electron chi connectivity index (χ0n) is 11.3. The Morgan fingerprint density at radius 1 is 1.00 bits per heavy atom. The lowest BCUT2D eigenvalue weighted by Crippen LogP contribution is -2.07. The van der Waals surface area contributed by atoms with Crippen LogP contribution < -0.4 is 4.74 Å². The molecule has 0 spiro atoms. The van der Waals surface area contributed by atoms with Crippen molar-refractivity contribution in [2.24, 2.45) is 0 Å². The predicted molar refractivity (Wildman–Crippen MR) is 70.0 cm³/mol. The van der Waals surface area contributed by atoms with Crippen molar-refractivity contribution in [1.82, 2.24) is 0 Å². The third kappa shape index (κ3) is 6.89. The van der Waals surface area contributed by atoms with Crippen molar-refractivity contribution in [3.63, 3.8) is 0 Å². The van der Waals surface area contributed by atoms with Crippen LogP contribution >= 0.6 is 0 Å². The Hall–Kier alpha value is -1.45. The highest BCUT2D eigenvalue weighted by atomic mass is 19.1. The van der Waals surface area contributed by atoms with Gasteiger partial charge in [-0.2, -0.15) is 0 Å². The van der Waals surface area contributed by atoms with Crippen LogP contribution in [-0.2, 0) is 4.79 Å². The number of rotatable bonds is 8. The van der Waals surface area contributed by atoms with E-state index in [2.05, 4.69) is 6.92 Å². The molecule has 0 heterocycles. The van der Waals surface area contributed by atoms with Gasteiger partial charge in [-0.3, -0.25) is 4.79 Å². The van der Waals surface area contributed by atoms with Crippen LogP contribution in [-0.4, -0.2) is 5.97 Å². The lowest BCUT2D eigenvalue weighted by Gasteiger charge is -2.04. The van der Waals surface area contributed by atoms with Crippen LogP contribution in [0.1, 0.15) is 51.9 Å². The maximum atomic E-state index is 12.9. The summed E-state index contributed by atoms with van der Waals surface area (Å²) in [6, 6.07) is 2.75. The average Bonchev–Trinajstić information content (AvgIpc) is 2.32. The maximum Gasteiger partial charge on any atom is 0.311 e. The number of benzene rings is 1. The second-order valence-electron chi connectivity index (χ2n) is 4.60. The van der Waals surface area contributed by atoms with Gasteiger partial charge in [-0.15, -0.1) is 0 Å². The molecule has 2 nitrogen and oxygen atoms in total. The third-order valence-corrected chi connectivity index (χ3v) is 2.80. The van der Waals surface area contributed by atoms with Crippen molar-refractivity contribution < 1.29 is 18.3 Å². The number of ether oxygens (including phenoxy) is 1. The number of unbranched alkanes of at least 4 members (excludes halogenated alkanes) is 5. The predicted octanol–water partition coefficient (Wildman–Crippen LogP) is 4.62. The molecule has 1 aromatic rings. The first-order valence-corrected chi connectivity index (χ1v) is 6.78. The van der Waals surface area contributed by atoms with E-state index in [4.69, 9.17) is 4.74 Å². The van der Waals surface area contributed by atoms with Crippen LogP contribution in [0.3, 0.4) is 0 Å². The zero-order valence-corrected chi connectivity index (χ0v) is 11.3. The molecule has 0 bridgehead atoms. The van der Waals surface area contributed by atoms with Crippen molar-refractivity contribution >= 4 is 5.97 Å². The molecule has 0 aliphatic heterocycles. The minimum absolute atomic E-state index is 0.0755. The van der Waals surface area contributed by atoms with Crippen LogP contribution in [0.15, 0.2) is 18.2 Å². The number of carbonyl (C=O) groups is 1. The highest BCUT2D eigenvalue weighted by molar-refractivity contribution is 5.72. The fraction of sp³-hybridized carbons (Fsp3) is 0.533. The first-order valence-electron chi connectivity index (χ1n) is 6.78. The molecule has 1 rings (SSSR count). The van der Waals surface area contributed by atoms with Gasteiger partial charge in [-0.1, -0.05) is 39.0 Å². The second kappa shape index (κ2) is 8.62. The van der Waals surface area contributed by atoms with Crippen LogP contribution in [0.25, 0.3) is 0 Å². The van der Waals surface area contributed by atoms with Gasteiger partial charge in [0, 0.05) is 24.6 Å². The van der Waals surface area contributed by atoms with Gasteiger partial charge in [0.1, 0.15) is 17.4 Å². The van der Waals surface area contributed by atoms with Crippen LogP contribution in [0.4, 0.5) is 8.78 Å². The Morgan fingerprint density at radius 3 is 2.21 bits per heavy atom. The van der Waals surface area contributed by atoms with Crippen LogP contribution in [0, 0.1) is 11.6 Å². The molecular formula is C15H20F2O2. The van der Waals surface area contributed by atoms with Gasteiger partial charge in [0.25, 0.3) is 0 Å². The van der Waals surface area contributed by atoms with E-state index in [1.54, 1.807) is 0 Å². The molecule has 0 unspecified atom stereocenters. The van der Waals surface area contributed by atoms with E-state index in [-0.39, 0.29) is 12.2 Å². The molecule has 1 aromatic carbocycles. The Bertz CT molecular complexity index is 385. The van der Waals surface area contributed by atoms with Crippen molar-refractivity contribution in [3.05, 3.63) is 29.8 Å². The van der Waals surface area contributed by atoms with Crippen LogP contribution in [0.5, 0.6) is 5.75 Å². The minimum atomic E-state index is -0.748. The van der Waals surface area contributed by atoms with E-state index in [9.17, 15) is 13.6 Å². The summed E-state index contributed by atoms with van der Waals surface area (Å²) in [4.78, 5) is 11.5. The number of hydrogen-bond donors (Lipinski definition) is 0. The topological polar surface area (TPSA) is 26.3 Å². The number of carbonyl (C=O) groups excluding carboxylic acids is 1. The average molecular weight is 270 g/mol. The Labute approximate surface area is 112 Å². The lowest BCUT2D eigenvalue weighted by atomic mass is 10.1. The molecule has 0 atom stereocenters. The highest BCUT2D eigenvalue weighted by Gasteiger charge is 2.07. The molecule has 0 N–H and O–H groups in total. The lowest BCUT2D eigenvalue weighted by molar-refractivity contribution is -0.134. The van der Waals surface area contributed by atoms with Crippen molar-refractivity contribution in [2.75, 3.05) is 0 Å². The molecule has 0 saturated heterocycles. The smallest absolute Gasteiger partial charge is 0.311 e. The van der Waals surface area contributed by atoms with E-state index >= 15 is 0 Å². The summed E-state index contributed by atoms with van der Waals surface area (Å²) in [6.07, 6.45) is 6.70. The summed E-state index contributed by atoms with van der Waals surface area (Å²) in [5.41, 5.74) is 0. The fourth-order valence-electron chi connectivity index (χ4n) is 1.82. The molecule has 0 aromatic heterocycles.